The van der Waals surface area contributed by atoms with Gasteiger partial charge >= 0.3 is 0 Å². The first kappa shape index (κ1) is 32.7. The van der Waals surface area contributed by atoms with Gasteiger partial charge in [0.15, 0.2) is 17.5 Å². The second-order valence-electron chi connectivity index (χ2n) is 14.5. The standard InChI is InChI=1S/C45H32B5N3S/c46-38-37(39(47)41(49)42(50)40(38)48)45-52-43(23-9-2-1-3-10-23)51-44(53-45)32-15-8-16-34-36(32)31-20-18-25(22-35(31)54-34)24-17-19-30-28-13-5-4-11-26(28)27-12-6-7-14-29(27)33(30)21-24/h1-22H,46-50H2. The van der Waals surface area contributed by atoms with Crippen molar-refractivity contribution in [1.82, 2.24) is 15.0 Å². The molecule has 0 amide bonds. The van der Waals surface area contributed by atoms with Gasteiger partial charge in [0.1, 0.15) is 39.2 Å². The Morgan fingerprint density at radius 1 is 0.352 bits per heavy atom. The molecule has 248 valence electrons. The van der Waals surface area contributed by atoms with Crippen molar-refractivity contribution in [2.24, 2.45) is 0 Å². The molecule has 54 heavy (non-hydrogen) atoms. The van der Waals surface area contributed by atoms with Gasteiger partial charge in [0.25, 0.3) is 0 Å². The minimum absolute atomic E-state index is 0.681. The minimum Gasteiger partial charge on any atom is -0.208 e. The average Bonchev–Trinajstić information content (AvgIpc) is 3.61. The Balaban J connectivity index is 1.16. The number of hydrogen-bond donors (Lipinski definition) is 0. The van der Waals surface area contributed by atoms with Crippen molar-refractivity contribution in [3.63, 3.8) is 0 Å². The maximum atomic E-state index is 5.29. The van der Waals surface area contributed by atoms with Crippen molar-refractivity contribution >= 4 is 130 Å². The van der Waals surface area contributed by atoms with E-state index in [0.29, 0.717) is 11.6 Å². The molecular formula is C45H32B5N3S. The van der Waals surface area contributed by atoms with E-state index in [1.807, 2.05) is 29.5 Å². The molecule has 10 aromatic rings. The summed E-state index contributed by atoms with van der Waals surface area (Å²) in [5.41, 5.74) is 11.8. The monoisotopic (exact) mass is 701 g/mol. The van der Waals surface area contributed by atoms with Crippen LogP contribution in [0.2, 0.25) is 0 Å². The van der Waals surface area contributed by atoms with E-state index in [1.165, 1.54) is 90.9 Å². The van der Waals surface area contributed by atoms with Gasteiger partial charge in [-0.3, -0.25) is 0 Å². The van der Waals surface area contributed by atoms with Crippen molar-refractivity contribution in [3.05, 3.63) is 133 Å². The van der Waals surface area contributed by atoms with E-state index in [2.05, 4.69) is 154 Å². The summed E-state index contributed by atoms with van der Waals surface area (Å²) in [6.45, 7) is 0. The molecular weight excluding hydrogens is 669 g/mol. The van der Waals surface area contributed by atoms with Crippen LogP contribution in [0.4, 0.5) is 0 Å². The van der Waals surface area contributed by atoms with Crippen LogP contribution in [0.15, 0.2) is 133 Å². The number of thiophene rings is 1. The molecule has 0 bridgehead atoms. The van der Waals surface area contributed by atoms with Gasteiger partial charge in [0, 0.05) is 36.9 Å². The van der Waals surface area contributed by atoms with E-state index in [9.17, 15) is 0 Å². The normalized spacial score (nSPS) is 11.7. The Morgan fingerprint density at radius 2 is 0.870 bits per heavy atom. The predicted octanol–water partition coefficient (Wildman–Crippen LogP) is 3.66. The molecule has 0 N–H and O–H groups in total. The smallest absolute Gasteiger partial charge is 0.164 e. The van der Waals surface area contributed by atoms with Gasteiger partial charge in [-0.15, -0.1) is 27.7 Å². The van der Waals surface area contributed by atoms with Crippen LogP contribution in [0.25, 0.3) is 97.8 Å². The lowest BCUT2D eigenvalue weighted by atomic mass is 9.60. The molecule has 0 aliphatic carbocycles. The summed E-state index contributed by atoms with van der Waals surface area (Å²) >= 11 is 1.83. The Bertz CT molecular complexity index is 3120. The first-order valence-electron chi connectivity index (χ1n) is 18.5. The number of fused-ring (bicyclic) bond motifs is 9. The Morgan fingerprint density at radius 3 is 1.54 bits per heavy atom. The van der Waals surface area contributed by atoms with Gasteiger partial charge in [0.05, 0.1) is 0 Å². The van der Waals surface area contributed by atoms with Gasteiger partial charge in [-0.2, -0.15) is 0 Å². The molecule has 10 rings (SSSR count). The second-order valence-corrected chi connectivity index (χ2v) is 15.6. The predicted molar refractivity (Wildman–Crippen MR) is 248 cm³/mol. The SMILES string of the molecule is Bc1c(B)c(B)c(-c2nc(-c3ccccc3)nc(-c3cccc4sc5cc(-c6ccc7c8ccccc8c8ccccc8c7c6)ccc5c34)n2)c(B)c1B. The second kappa shape index (κ2) is 12.6. The summed E-state index contributed by atoms with van der Waals surface area (Å²) in [6.07, 6.45) is 0. The molecule has 0 radical (unpaired) electrons. The molecule has 0 aliphatic rings. The molecule has 0 fully saturated rings. The fourth-order valence-electron chi connectivity index (χ4n) is 8.44. The molecule has 0 atom stereocenters. The molecule has 9 heteroatoms. The topological polar surface area (TPSA) is 38.7 Å². The van der Waals surface area contributed by atoms with Crippen molar-refractivity contribution in [2.75, 3.05) is 0 Å². The molecule has 0 aliphatic heterocycles. The highest BCUT2D eigenvalue weighted by atomic mass is 32.1. The lowest BCUT2D eigenvalue weighted by molar-refractivity contribution is 1.08. The van der Waals surface area contributed by atoms with E-state index in [-0.39, 0.29) is 0 Å². The number of nitrogens with zero attached hydrogens (tertiary/aromatic N) is 3. The summed E-state index contributed by atoms with van der Waals surface area (Å²) in [4.78, 5) is 15.6. The molecule has 0 saturated carbocycles. The van der Waals surface area contributed by atoms with Crippen molar-refractivity contribution in [2.45, 2.75) is 0 Å². The number of benzene rings is 8. The minimum atomic E-state index is 0.681. The van der Waals surface area contributed by atoms with Crippen molar-refractivity contribution in [3.8, 4) is 45.3 Å². The number of hydrogen-bond acceptors (Lipinski definition) is 4. The van der Waals surface area contributed by atoms with E-state index in [0.717, 1.165) is 22.5 Å². The largest absolute Gasteiger partial charge is 0.208 e. The molecule has 0 saturated heterocycles. The van der Waals surface area contributed by atoms with E-state index in [1.54, 1.807) is 0 Å². The van der Waals surface area contributed by atoms with Crippen LogP contribution >= 0.6 is 11.3 Å². The maximum absolute atomic E-state index is 5.29. The molecule has 8 aromatic carbocycles. The number of rotatable bonds is 4. The zero-order chi connectivity index (χ0) is 36.7. The Labute approximate surface area is 322 Å². The first-order chi connectivity index (χ1) is 26.4. The van der Waals surface area contributed by atoms with E-state index < -0.39 is 0 Å². The third-order valence-corrected chi connectivity index (χ3v) is 12.8. The summed E-state index contributed by atoms with van der Waals surface area (Å²) < 4.78 is 2.46. The third kappa shape index (κ3) is 5.06. The molecule has 0 spiro atoms. The van der Waals surface area contributed by atoms with Gasteiger partial charge in [-0.25, -0.2) is 15.0 Å². The molecule has 3 nitrogen and oxygen atoms in total. The zero-order valence-corrected chi connectivity index (χ0v) is 31.8. The first-order valence-corrected chi connectivity index (χ1v) is 19.4. The number of aromatic nitrogens is 3. The van der Waals surface area contributed by atoms with Crippen LogP contribution in [0.1, 0.15) is 0 Å². The fraction of sp³-hybridized carbons (Fsp3) is 0. The van der Waals surface area contributed by atoms with Crippen LogP contribution in [-0.2, 0) is 0 Å². The summed E-state index contributed by atoms with van der Waals surface area (Å²) in [5, 5.41) is 10.1. The van der Waals surface area contributed by atoms with Gasteiger partial charge in [0.2, 0.25) is 0 Å². The van der Waals surface area contributed by atoms with Gasteiger partial charge < -0.3 is 0 Å². The molecule has 2 aromatic heterocycles. The molecule has 2 heterocycles. The zero-order valence-electron chi connectivity index (χ0n) is 31.0. The molecule has 0 unspecified atom stereocenters. The lowest BCUT2D eigenvalue weighted by Gasteiger charge is -2.20. The van der Waals surface area contributed by atoms with Crippen LogP contribution < -0.4 is 27.3 Å². The van der Waals surface area contributed by atoms with Crippen LogP contribution in [0.5, 0.6) is 0 Å². The lowest BCUT2D eigenvalue weighted by Crippen LogP contribution is -2.55. The highest BCUT2D eigenvalue weighted by molar-refractivity contribution is 7.26. The van der Waals surface area contributed by atoms with Gasteiger partial charge in [-0.05, 0) is 61.6 Å². The fourth-order valence-corrected chi connectivity index (χ4v) is 9.61. The van der Waals surface area contributed by atoms with Crippen molar-refractivity contribution < 1.29 is 0 Å². The van der Waals surface area contributed by atoms with Crippen molar-refractivity contribution in [1.29, 1.82) is 0 Å². The summed E-state index contributed by atoms with van der Waals surface area (Å²) in [6, 6.07) is 48.2. The average molecular weight is 701 g/mol. The quantitative estimate of drug-likeness (QED) is 0.208. The Hall–Kier alpha value is -5.91. The summed E-state index contributed by atoms with van der Waals surface area (Å²) in [7, 11) is 11.0. The third-order valence-electron chi connectivity index (χ3n) is 11.7. The van der Waals surface area contributed by atoms with Crippen LogP contribution in [0.3, 0.4) is 0 Å². The van der Waals surface area contributed by atoms with Gasteiger partial charge in [-0.1, -0.05) is 126 Å². The highest BCUT2D eigenvalue weighted by Gasteiger charge is 2.21. The Kier molecular flexibility index (Phi) is 7.64. The maximum Gasteiger partial charge on any atom is 0.164 e. The van der Waals surface area contributed by atoms with E-state index in [4.69, 9.17) is 15.0 Å². The van der Waals surface area contributed by atoms with E-state index >= 15 is 0 Å². The van der Waals surface area contributed by atoms with Crippen LogP contribution in [0, 0.1) is 0 Å². The highest BCUT2D eigenvalue weighted by Crippen LogP contribution is 2.42. The van der Waals surface area contributed by atoms with Crippen LogP contribution in [-0.4, -0.2) is 54.2 Å². The summed E-state index contributed by atoms with van der Waals surface area (Å²) in [5.74, 6) is 2.09.